The lowest BCUT2D eigenvalue weighted by molar-refractivity contribution is -0.147. The Morgan fingerprint density at radius 1 is 1.45 bits per heavy atom. The molecular formula is C15H18N2O4S. The maximum atomic E-state index is 12.3. The molecule has 0 aromatic carbocycles. The second-order valence-electron chi connectivity index (χ2n) is 5.08. The number of rotatable bonds is 5. The summed E-state index contributed by atoms with van der Waals surface area (Å²) < 4.78 is 10.2. The molecule has 0 aliphatic heterocycles. The first-order valence-electron chi connectivity index (χ1n) is 6.83. The van der Waals surface area contributed by atoms with Crippen LogP contribution in [0.2, 0.25) is 0 Å². The van der Waals surface area contributed by atoms with Gasteiger partial charge < -0.3 is 14.5 Å². The molecule has 2 aromatic heterocycles. The van der Waals surface area contributed by atoms with Crippen LogP contribution in [0.3, 0.4) is 0 Å². The summed E-state index contributed by atoms with van der Waals surface area (Å²) in [5, 5.41) is 4.93. The van der Waals surface area contributed by atoms with Crippen molar-refractivity contribution in [2.24, 2.45) is 0 Å². The molecule has 1 amide bonds. The van der Waals surface area contributed by atoms with Crippen molar-refractivity contribution in [1.82, 2.24) is 10.3 Å². The molecule has 0 saturated carbocycles. The van der Waals surface area contributed by atoms with E-state index in [0.717, 1.165) is 5.76 Å². The highest BCUT2D eigenvalue weighted by molar-refractivity contribution is 7.13. The van der Waals surface area contributed by atoms with Gasteiger partial charge >= 0.3 is 5.97 Å². The number of amides is 1. The third kappa shape index (κ3) is 3.19. The van der Waals surface area contributed by atoms with Crippen LogP contribution in [0, 0.1) is 6.92 Å². The van der Waals surface area contributed by atoms with Gasteiger partial charge in [0, 0.05) is 5.38 Å². The molecule has 0 unspecified atom stereocenters. The Kier molecular flexibility index (Phi) is 4.65. The molecule has 2 heterocycles. The average Bonchev–Trinajstić information content (AvgIpc) is 3.14. The second kappa shape index (κ2) is 6.31. The van der Waals surface area contributed by atoms with Gasteiger partial charge in [0.1, 0.15) is 17.0 Å². The van der Waals surface area contributed by atoms with Gasteiger partial charge in [-0.15, -0.1) is 11.3 Å². The van der Waals surface area contributed by atoms with Crippen molar-refractivity contribution in [2.75, 3.05) is 7.11 Å². The highest BCUT2D eigenvalue weighted by Gasteiger charge is 2.35. The third-order valence-electron chi connectivity index (χ3n) is 3.42. The van der Waals surface area contributed by atoms with Gasteiger partial charge in [-0.25, -0.2) is 9.78 Å². The molecule has 0 fully saturated rings. The van der Waals surface area contributed by atoms with Crippen LogP contribution in [0.5, 0.6) is 0 Å². The van der Waals surface area contributed by atoms with Crippen molar-refractivity contribution in [3.05, 3.63) is 29.0 Å². The first-order valence-corrected chi connectivity index (χ1v) is 7.71. The van der Waals surface area contributed by atoms with Crippen LogP contribution < -0.4 is 5.32 Å². The third-order valence-corrected chi connectivity index (χ3v) is 4.28. The number of nitrogens with zero attached hydrogens (tertiary/aromatic N) is 1. The average molecular weight is 322 g/mol. The van der Waals surface area contributed by atoms with Crippen LogP contribution in [0.25, 0.3) is 10.8 Å². The molecule has 0 aliphatic carbocycles. The fraction of sp³-hybridized carbons (Fsp3) is 0.400. The lowest BCUT2D eigenvalue weighted by atomic mass is 9.99. The molecule has 7 heteroatoms. The van der Waals surface area contributed by atoms with E-state index in [0.29, 0.717) is 17.2 Å². The van der Waals surface area contributed by atoms with E-state index in [1.165, 1.54) is 18.4 Å². The number of furan rings is 1. The zero-order valence-electron chi connectivity index (χ0n) is 12.9. The highest BCUT2D eigenvalue weighted by atomic mass is 32.1. The number of methoxy groups -OCH3 is 1. The number of ether oxygens (including phenoxy) is 1. The Morgan fingerprint density at radius 3 is 2.73 bits per heavy atom. The molecule has 0 bridgehead atoms. The quantitative estimate of drug-likeness (QED) is 0.856. The minimum atomic E-state index is -1.07. The monoisotopic (exact) mass is 322 g/mol. The van der Waals surface area contributed by atoms with E-state index < -0.39 is 17.4 Å². The van der Waals surface area contributed by atoms with Crippen LogP contribution >= 0.6 is 11.3 Å². The predicted molar refractivity (Wildman–Crippen MR) is 82.7 cm³/mol. The zero-order chi connectivity index (χ0) is 16.3. The minimum Gasteiger partial charge on any atom is -0.467 e. The summed E-state index contributed by atoms with van der Waals surface area (Å²) in [5.41, 5.74) is -0.825. The number of aryl methyl sites for hydroxylation is 1. The van der Waals surface area contributed by atoms with Crippen LogP contribution in [-0.2, 0) is 9.53 Å². The van der Waals surface area contributed by atoms with E-state index in [2.05, 4.69) is 10.3 Å². The molecule has 0 radical (unpaired) electrons. The molecule has 2 rings (SSSR count). The van der Waals surface area contributed by atoms with E-state index in [1.807, 2.05) is 13.0 Å². The summed E-state index contributed by atoms with van der Waals surface area (Å²) in [6.45, 7) is 5.27. The summed E-state index contributed by atoms with van der Waals surface area (Å²) >= 11 is 1.31. The van der Waals surface area contributed by atoms with Crippen LogP contribution in [0.15, 0.2) is 21.9 Å². The van der Waals surface area contributed by atoms with Crippen molar-refractivity contribution < 1.29 is 18.7 Å². The molecule has 118 valence electrons. The minimum absolute atomic E-state index is 0.248. The number of aromatic nitrogens is 1. The van der Waals surface area contributed by atoms with Gasteiger partial charge in [-0.3, -0.25) is 4.79 Å². The molecule has 0 spiro atoms. The topological polar surface area (TPSA) is 81.4 Å². The molecule has 1 N–H and O–H groups in total. The maximum Gasteiger partial charge on any atom is 0.331 e. The molecule has 0 saturated heterocycles. The normalized spacial score (nSPS) is 13.5. The fourth-order valence-electron chi connectivity index (χ4n) is 1.86. The predicted octanol–water partition coefficient (Wildman–Crippen LogP) is 2.78. The van der Waals surface area contributed by atoms with E-state index in [9.17, 15) is 9.59 Å². The van der Waals surface area contributed by atoms with Crippen LogP contribution in [0.4, 0.5) is 0 Å². The standard InChI is InChI=1S/C15H18N2O4S/c1-5-15(3,14(19)20-4)17-12(18)10-8-22-13(16-10)11-7-6-9(2)21-11/h6-8H,5H2,1-4H3,(H,17,18)/t15-/m1/s1. The number of hydrogen-bond acceptors (Lipinski definition) is 6. The van der Waals surface area contributed by atoms with Crippen molar-refractivity contribution in [3.8, 4) is 10.8 Å². The summed E-state index contributed by atoms with van der Waals surface area (Å²) in [5.74, 6) is 0.495. The van der Waals surface area contributed by atoms with E-state index in [1.54, 1.807) is 25.3 Å². The SMILES string of the molecule is CC[C@@](C)(NC(=O)c1csc(-c2ccc(C)o2)n1)C(=O)OC. The summed E-state index contributed by atoms with van der Waals surface area (Å²) in [6.07, 6.45) is 0.416. The number of nitrogens with one attached hydrogen (secondary N) is 1. The van der Waals surface area contributed by atoms with Gasteiger partial charge in [-0.05, 0) is 32.4 Å². The zero-order valence-corrected chi connectivity index (χ0v) is 13.7. The molecule has 1 atom stereocenters. The summed E-state index contributed by atoms with van der Waals surface area (Å²) in [6, 6.07) is 3.64. The van der Waals surface area contributed by atoms with Gasteiger partial charge in [0.15, 0.2) is 10.8 Å². The van der Waals surface area contributed by atoms with Crippen molar-refractivity contribution in [3.63, 3.8) is 0 Å². The Labute approximate surface area is 132 Å². The van der Waals surface area contributed by atoms with Crippen LogP contribution in [-0.4, -0.2) is 29.5 Å². The molecule has 2 aromatic rings. The second-order valence-corrected chi connectivity index (χ2v) is 5.94. The van der Waals surface area contributed by atoms with Crippen LogP contribution in [0.1, 0.15) is 36.5 Å². The Morgan fingerprint density at radius 2 is 2.18 bits per heavy atom. The van der Waals surface area contributed by atoms with E-state index in [-0.39, 0.29) is 5.69 Å². The lowest BCUT2D eigenvalue weighted by Gasteiger charge is -2.25. The van der Waals surface area contributed by atoms with Crippen molar-refractivity contribution >= 4 is 23.2 Å². The molecular weight excluding hydrogens is 304 g/mol. The number of esters is 1. The van der Waals surface area contributed by atoms with Gasteiger partial charge in [0.2, 0.25) is 0 Å². The summed E-state index contributed by atoms with van der Waals surface area (Å²) in [4.78, 5) is 28.3. The highest BCUT2D eigenvalue weighted by Crippen LogP contribution is 2.25. The Bertz CT molecular complexity index is 691. The van der Waals surface area contributed by atoms with Crippen molar-refractivity contribution in [2.45, 2.75) is 32.7 Å². The first kappa shape index (κ1) is 16.2. The Balaban J connectivity index is 2.17. The Hall–Kier alpha value is -2.15. The number of hydrogen-bond donors (Lipinski definition) is 1. The number of carbonyl (C=O) groups is 2. The van der Waals surface area contributed by atoms with Gasteiger partial charge in [0.25, 0.3) is 5.91 Å². The molecule has 0 aliphatic rings. The van der Waals surface area contributed by atoms with Gasteiger partial charge in [0.05, 0.1) is 7.11 Å². The number of carbonyl (C=O) groups excluding carboxylic acids is 2. The molecule has 6 nitrogen and oxygen atoms in total. The summed E-state index contributed by atoms with van der Waals surface area (Å²) in [7, 11) is 1.29. The van der Waals surface area contributed by atoms with Crippen molar-refractivity contribution in [1.29, 1.82) is 0 Å². The van der Waals surface area contributed by atoms with E-state index >= 15 is 0 Å². The smallest absolute Gasteiger partial charge is 0.331 e. The number of thiazole rings is 1. The first-order chi connectivity index (χ1) is 10.4. The lowest BCUT2D eigenvalue weighted by Crippen LogP contribution is -2.52. The molecule has 22 heavy (non-hydrogen) atoms. The van der Waals surface area contributed by atoms with Gasteiger partial charge in [-0.2, -0.15) is 0 Å². The largest absolute Gasteiger partial charge is 0.467 e. The fourth-order valence-corrected chi connectivity index (χ4v) is 2.62. The van der Waals surface area contributed by atoms with Gasteiger partial charge in [-0.1, -0.05) is 6.92 Å². The maximum absolute atomic E-state index is 12.3. The van der Waals surface area contributed by atoms with E-state index in [4.69, 9.17) is 9.15 Å².